The minimum Gasteiger partial charge on any atom is -0.394 e. The Kier molecular flexibility index (Phi) is 72.6. The van der Waals surface area contributed by atoms with Crippen molar-refractivity contribution in [1.82, 2.24) is 5.32 Å². The first kappa shape index (κ1) is 80.1. The van der Waals surface area contributed by atoms with Crippen LogP contribution >= 0.6 is 0 Å². The van der Waals surface area contributed by atoms with E-state index in [0.29, 0.717) is 6.42 Å². The van der Waals surface area contributed by atoms with Crippen molar-refractivity contribution in [2.45, 2.75) is 469 Å². The Bertz CT molecular complexity index is 1160. The van der Waals surface area contributed by atoms with E-state index in [0.717, 1.165) is 25.7 Å². The Morgan fingerprint density at radius 3 is 0.642 bits per heavy atom. The van der Waals surface area contributed by atoms with Gasteiger partial charge in [-0.15, -0.1) is 0 Å². The molecule has 0 radical (unpaired) electrons. The molecule has 0 saturated carbocycles. The van der Waals surface area contributed by atoms with Crippen molar-refractivity contribution >= 4 is 5.91 Å². The van der Waals surface area contributed by atoms with E-state index in [1.165, 1.54) is 411 Å². The fourth-order valence-corrected chi connectivity index (χ4v) is 12.7. The minimum atomic E-state index is -0.838. The van der Waals surface area contributed by atoms with E-state index in [2.05, 4.69) is 19.2 Å². The van der Waals surface area contributed by atoms with Crippen LogP contribution < -0.4 is 5.32 Å². The molecule has 0 rings (SSSR count). The molecule has 0 fully saturated rings. The molecule has 0 aliphatic carbocycles. The van der Waals surface area contributed by atoms with Gasteiger partial charge in [0.25, 0.3) is 0 Å². The van der Waals surface area contributed by atoms with Crippen molar-refractivity contribution in [2.75, 3.05) is 6.61 Å². The Hall–Kier alpha value is -0.870. The largest absolute Gasteiger partial charge is 0.394 e. The van der Waals surface area contributed by atoms with Crippen LogP contribution in [0.2, 0.25) is 0 Å². The number of amides is 1. The number of rotatable bonds is 73. The van der Waals surface area contributed by atoms with Crippen LogP contribution in [-0.4, -0.2) is 34.9 Å². The molecule has 2 unspecified atom stereocenters. The molecule has 0 aliphatic rings. The Labute approximate surface area is 511 Å². The Morgan fingerprint density at radius 1 is 0.284 bits per heavy atom. The van der Waals surface area contributed by atoms with Crippen molar-refractivity contribution in [2.24, 2.45) is 0 Å². The summed E-state index contributed by atoms with van der Waals surface area (Å²) in [4.78, 5) is 12.6. The predicted octanol–water partition coefficient (Wildman–Crippen LogP) is 26.3. The maximum atomic E-state index is 12.6. The first-order valence-electron chi connectivity index (χ1n) is 38.4. The zero-order chi connectivity index (χ0) is 58.4. The van der Waals surface area contributed by atoms with Gasteiger partial charge >= 0.3 is 0 Å². The van der Waals surface area contributed by atoms with Gasteiger partial charge in [0, 0.05) is 6.42 Å². The molecule has 484 valence electrons. The van der Waals surface area contributed by atoms with E-state index >= 15 is 0 Å². The lowest BCUT2D eigenvalue weighted by Crippen LogP contribution is -2.45. The summed E-state index contributed by atoms with van der Waals surface area (Å²) >= 11 is 0. The first-order valence-corrected chi connectivity index (χ1v) is 38.4. The van der Waals surface area contributed by atoms with Crippen LogP contribution in [0.4, 0.5) is 0 Å². The van der Waals surface area contributed by atoms with Gasteiger partial charge in [-0.2, -0.15) is 0 Å². The van der Waals surface area contributed by atoms with Gasteiger partial charge in [0.05, 0.1) is 18.8 Å². The van der Waals surface area contributed by atoms with Crippen molar-refractivity contribution in [3.63, 3.8) is 0 Å². The summed E-state index contributed by atoms with van der Waals surface area (Å²) in [6, 6.07) is -0.620. The number of hydrogen-bond acceptors (Lipinski definition) is 3. The minimum absolute atomic E-state index is 0.0521. The fraction of sp³-hybridized carbons (Fsp3) is 0.961. The van der Waals surface area contributed by atoms with Crippen molar-refractivity contribution in [1.29, 1.82) is 0 Å². The van der Waals surface area contributed by atoms with Gasteiger partial charge in [-0.1, -0.05) is 443 Å². The number of carbonyl (C=O) groups is 1. The number of aliphatic hydroxyl groups excluding tert-OH is 2. The van der Waals surface area contributed by atoms with Crippen molar-refractivity contribution < 1.29 is 15.0 Å². The van der Waals surface area contributed by atoms with Crippen LogP contribution in [0.25, 0.3) is 0 Å². The second-order valence-electron chi connectivity index (χ2n) is 26.8. The highest BCUT2D eigenvalue weighted by atomic mass is 16.3. The second kappa shape index (κ2) is 73.4. The van der Waals surface area contributed by atoms with Gasteiger partial charge in [-0.3, -0.25) is 4.79 Å². The molecule has 81 heavy (non-hydrogen) atoms. The van der Waals surface area contributed by atoms with Crippen LogP contribution in [0.1, 0.15) is 457 Å². The SMILES string of the molecule is CCCCCCCCCCCCCCCCCCCCCCCCCCCCC/C=C/C(O)C(CO)NC(=O)CCCCCCCCCCCCCCCCCCCCCCCCCCCCCCCCCCCCCCCCCC. The smallest absolute Gasteiger partial charge is 0.220 e. The highest BCUT2D eigenvalue weighted by Crippen LogP contribution is 2.20. The molecular weight excluding hydrogens is 987 g/mol. The molecule has 0 aromatic heterocycles. The van der Waals surface area contributed by atoms with E-state index < -0.39 is 12.1 Å². The van der Waals surface area contributed by atoms with E-state index in [1.54, 1.807) is 6.08 Å². The lowest BCUT2D eigenvalue weighted by molar-refractivity contribution is -0.123. The molecule has 3 N–H and O–H groups in total. The monoisotopic (exact) mass is 1140 g/mol. The van der Waals surface area contributed by atoms with Gasteiger partial charge in [-0.25, -0.2) is 0 Å². The Balaban J connectivity index is 3.36. The topological polar surface area (TPSA) is 69.6 Å². The number of carbonyl (C=O) groups excluding carboxylic acids is 1. The molecule has 0 aromatic carbocycles. The molecule has 0 spiro atoms. The summed E-state index contributed by atoms with van der Waals surface area (Å²) < 4.78 is 0. The average molecular weight is 1140 g/mol. The zero-order valence-electron chi connectivity index (χ0n) is 56.1. The standard InChI is InChI=1S/C77H153NO3/c1-3-5-7-9-11-13-15-17-19-21-23-25-27-29-31-33-34-35-36-37-38-39-40-41-42-43-45-47-49-51-53-55-57-59-61-63-65-67-69-71-73-77(81)78-75(74-79)76(80)72-70-68-66-64-62-60-58-56-54-52-50-48-46-44-32-30-28-26-24-22-20-18-16-14-12-10-8-6-4-2/h70,72,75-76,79-80H,3-69,71,73-74H2,1-2H3,(H,78,81)/b72-70+. The lowest BCUT2D eigenvalue weighted by atomic mass is 10.0. The fourth-order valence-electron chi connectivity index (χ4n) is 12.7. The van der Waals surface area contributed by atoms with Crippen LogP contribution in [0.5, 0.6) is 0 Å². The Morgan fingerprint density at radius 2 is 0.457 bits per heavy atom. The predicted molar refractivity (Wildman–Crippen MR) is 364 cm³/mol. The summed E-state index contributed by atoms with van der Waals surface area (Å²) in [5.41, 5.74) is 0. The maximum Gasteiger partial charge on any atom is 0.220 e. The van der Waals surface area contributed by atoms with Crippen LogP contribution in [-0.2, 0) is 4.79 Å². The van der Waals surface area contributed by atoms with Gasteiger partial charge in [0.1, 0.15) is 0 Å². The van der Waals surface area contributed by atoms with Gasteiger partial charge < -0.3 is 15.5 Å². The molecule has 0 aromatic rings. The summed E-state index contributed by atoms with van der Waals surface area (Å²) in [6.45, 7) is 4.37. The van der Waals surface area contributed by atoms with Crippen LogP contribution in [0.15, 0.2) is 12.2 Å². The van der Waals surface area contributed by atoms with E-state index in [9.17, 15) is 15.0 Å². The normalized spacial score (nSPS) is 12.6. The average Bonchev–Trinajstić information content (AvgIpc) is 3.47. The van der Waals surface area contributed by atoms with E-state index in [-0.39, 0.29) is 12.5 Å². The number of allylic oxidation sites excluding steroid dienone is 1. The highest BCUT2D eigenvalue weighted by Gasteiger charge is 2.18. The summed E-state index contributed by atoms with van der Waals surface area (Å²) in [7, 11) is 0. The third kappa shape index (κ3) is 69.8. The van der Waals surface area contributed by atoms with Gasteiger partial charge in [0.15, 0.2) is 0 Å². The van der Waals surface area contributed by atoms with E-state index in [1.807, 2.05) is 6.08 Å². The summed E-state index contributed by atoms with van der Waals surface area (Å²) in [6.07, 6.45) is 99.2. The van der Waals surface area contributed by atoms with Crippen LogP contribution in [0, 0.1) is 0 Å². The van der Waals surface area contributed by atoms with E-state index in [4.69, 9.17) is 0 Å². The third-order valence-electron chi connectivity index (χ3n) is 18.5. The molecule has 0 heterocycles. The molecule has 2 atom stereocenters. The molecule has 4 nitrogen and oxygen atoms in total. The molecule has 0 bridgehead atoms. The third-order valence-corrected chi connectivity index (χ3v) is 18.5. The number of aliphatic hydroxyl groups is 2. The molecular formula is C77H153NO3. The molecule has 0 saturated heterocycles. The quantitative estimate of drug-likeness (QED) is 0.0420. The van der Waals surface area contributed by atoms with Crippen LogP contribution in [0.3, 0.4) is 0 Å². The van der Waals surface area contributed by atoms with Crippen molar-refractivity contribution in [3.05, 3.63) is 12.2 Å². The maximum absolute atomic E-state index is 12.6. The number of unbranched alkanes of at least 4 members (excludes halogenated alkanes) is 66. The molecule has 4 heteroatoms. The lowest BCUT2D eigenvalue weighted by Gasteiger charge is -2.20. The van der Waals surface area contributed by atoms with Gasteiger partial charge in [-0.05, 0) is 19.3 Å². The molecule has 0 aliphatic heterocycles. The first-order chi connectivity index (χ1) is 40.2. The highest BCUT2D eigenvalue weighted by molar-refractivity contribution is 5.76. The molecule has 1 amide bonds. The second-order valence-corrected chi connectivity index (χ2v) is 26.8. The van der Waals surface area contributed by atoms with Crippen molar-refractivity contribution in [3.8, 4) is 0 Å². The summed E-state index contributed by atoms with van der Waals surface area (Å²) in [5.74, 6) is -0.0521. The summed E-state index contributed by atoms with van der Waals surface area (Å²) in [5, 5.41) is 23.3. The zero-order valence-corrected chi connectivity index (χ0v) is 56.1. The van der Waals surface area contributed by atoms with Gasteiger partial charge in [0.2, 0.25) is 5.91 Å². The number of nitrogens with one attached hydrogen (secondary N) is 1. The number of hydrogen-bond donors (Lipinski definition) is 3.